The van der Waals surface area contributed by atoms with Gasteiger partial charge in [-0.3, -0.25) is 4.79 Å². The molecule has 29 heavy (non-hydrogen) atoms. The number of fused-ring (bicyclic) bond motifs is 1. The molecule has 0 unspecified atom stereocenters. The summed E-state index contributed by atoms with van der Waals surface area (Å²) in [6.07, 6.45) is 0.332. The average Bonchev–Trinajstić information content (AvgIpc) is 2.75. The van der Waals surface area contributed by atoms with Crippen molar-refractivity contribution in [1.29, 1.82) is 0 Å². The van der Waals surface area contributed by atoms with E-state index >= 15 is 0 Å². The number of nitrogens with two attached hydrogens (primary N) is 1. The summed E-state index contributed by atoms with van der Waals surface area (Å²) in [5.41, 5.74) is 6.09. The molecule has 8 nitrogen and oxygen atoms in total. The van der Waals surface area contributed by atoms with E-state index in [1.165, 1.54) is 5.56 Å². The molecule has 0 spiro atoms. The quantitative estimate of drug-likeness (QED) is 0.656. The zero-order chi connectivity index (χ0) is 20.6. The van der Waals surface area contributed by atoms with Crippen LogP contribution in [0, 0.1) is 0 Å². The molecule has 0 atom stereocenters. The van der Waals surface area contributed by atoms with Crippen LogP contribution in [0.25, 0.3) is 10.8 Å². The second-order valence-electron chi connectivity index (χ2n) is 6.84. The standard InChI is InChI=1S/C21H26N2O6/c1-26-16-8-7-14-4-2-5-17(18(14)10-16)15-11-27-20(28-12-15)6-3-9-23-21(25)29-13-19(22)24/h2,4-5,7-8,10,15,20H,3,6,9,11-13H2,1H3,(H2,22,24)(H,23,25). The van der Waals surface area contributed by atoms with E-state index in [1.807, 2.05) is 24.3 Å². The normalized spacial score (nSPS) is 18.9. The molecule has 2 aromatic rings. The van der Waals surface area contributed by atoms with Crippen molar-refractivity contribution < 1.29 is 28.5 Å². The molecule has 0 saturated carbocycles. The molecule has 0 bridgehead atoms. The highest BCUT2D eigenvalue weighted by Crippen LogP contribution is 2.31. The van der Waals surface area contributed by atoms with Crippen molar-refractivity contribution >= 4 is 22.8 Å². The van der Waals surface area contributed by atoms with Crippen molar-refractivity contribution in [3.63, 3.8) is 0 Å². The van der Waals surface area contributed by atoms with Gasteiger partial charge in [0.25, 0.3) is 5.91 Å². The summed E-state index contributed by atoms with van der Waals surface area (Å²) in [6.45, 7) is 1.10. The number of carbonyl (C=O) groups is 2. The number of benzene rings is 2. The first kappa shape index (κ1) is 20.9. The maximum absolute atomic E-state index is 11.3. The van der Waals surface area contributed by atoms with E-state index < -0.39 is 18.6 Å². The van der Waals surface area contributed by atoms with Crippen LogP contribution in [0.3, 0.4) is 0 Å². The van der Waals surface area contributed by atoms with Gasteiger partial charge in [0.2, 0.25) is 0 Å². The Morgan fingerprint density at radius 1 is 1.21 bits per heavy atom. The van der Waals surface area contributed by atoms with E-state index in [2.05, 4.69) is 22.2 Å². The third kappa shape index (κ3) is 5.82. The second kappa shape index (κ2) is 10.1. The molecule has 1 aliphatic rings. The lowest BCUT2D eigenvalue weighted by atomic mass is 9.94. The maximum Gasteiger partial charge on any atom is 0.407 e. The van der Waals surface area contributed by atoms with E-state index in [0.717, 1.165) is 16.5 Å². The molecular weight excluding hydrogens is 376 g/mol. The summed E-state index contributed by atoms with van der Waals surface area (Å²) in [4.78, 5) is 21.9. The van der Waals surface area contributed by atoms with Crippen LogP contribution in [-0.2, 0) is 19.0 Å². The number of alkyl carbamates (subject to hydrolysis) is 1. The number of amides is 2. The Kier molecular flexibility index (Phi) is 7.26. The van der Waals surface area contributed by atoms with E-state index in [1.54, 1.807) is 7.11 Å². The maximum atomic E-state index is 11.3. The molecule has 8 heteroatoms. The number of hydrogen-bond acceptors (Lipinski definition) is 6. The number of primary amides is 1. The van der Waals surface area contributed by atoms with Crippen LogP contribution < -0.4 is 15.8 Å². The van der Waals surface area contributed by atoms with Gasteiger partial charge in [-0.15, -0.1) is 0 Å². The van der Waals surface area contributed by atoms with Crippen LogP contribution in [0.1, 0.15) is 24.3 Å². The monoisotopic (exact) mass is 402 g/mol. The highest BCUT2D eigenvalue weighted by Gasteiger charge is 2.24. The SMILES string of the molecule is COc1ccc2cccc(C3COC(CCCNC(=O)OCC(N)=O)OC3)c2c1. The zero-order valence-electron chi connectivity index (χ0n) is 16.4. The first-order valence-electron chi connectivity index (χ1n) is 9.55. The fraction of sp³-hybridized carbons (Fsp3) is 0.429. The van der Waals surface area contributed by atoms with Gasteiger partial charge in [-0.25, -0.2) is 4.79 Å². The van der Waals surface area contributed by atoms with E-state index in [-0.39, 0.29) is 12.2 Å². The van der Waals surface area contributed by atoms with Gasteiger partial charge in [-0.2, -0.15) is 0 Å². The lowest BCUT2D eigenvalue weighted by Gasteiger charge is -2.30. The Morgan fingerprint density at radius 3 is 2.72 bits per heavy atom. The Bertz CT molecular complexity index is 848. The second-order valence-corrected chi connectivity index (χ2v) is 6.84. The molecule has 3 rings (SSSR count). The number of nitrogens with one attached hydrogen (secondary N) is 1. The Hall–Kier alpha value is -2.84. The van der Waals surface area contributed by atoms with E-state index in [4.69, 9.17) is 19.9 Å². The highest BCUT2D eigenvalue weighted by molar-refractivity contribution is 5.87. The van der Waals surface area contributed by atoms with E-state index in [9.17, 15) is 9.59 Å². The molecular formula is C21H26N2O6. The first-order valence-corrected chi connectivity index (χ1v) is 9.55. The number of rotatable bonds is 8. The van der Waals surface area contributed by atoms with Gasteiger partial charge in [0.1, 0.15) is 5.75 Å². The first-order chi connectivity index (χ1) is 14.1. The predicted molar refractivity (Wildman–Crippen MR) is 107 cm³/mol. The van der Waals surface area contributed by atoms with Gasteiger partial charge in [0.15, 0.2) is 12.9 Å². The molecule has 2 aromatic carbocycles. The minimum atomic E-state index is -0.691. The van der Waals surface area contributed by atoms with Crippen molar-refractivity contribution in [2.24, 2.45) is 5.73 Å². The summed E-state index contributed by atoms with van der Waals surface area (Å²) in [6, 6.07) is 12.3. The van der Waals surface area contributed by atoms with Crippen LogP contribution in [0.15, 0.2) is 36.4 Å². The number of hydrogen-bond donors (Lipinski definition) is 2. The average molecular weight is 402 g/mol. The highest BCUT2D eigenvalue weighted by atomic mass is 16.7. The Balaban J connectivity index is 1.46. The third-order valence-corrected chi connectivity index (χ3v) is 4.76. The van der Waals surface area contributed by atoms with E-state index in [0.29, 0.717) is 32.6 Å². The number of ether oxygens (including phenoxy) is 4. The van der Waals surface area contributed by atoms with Crippen LogP contribution in [-0.4, -0.2) is 51.8 Å². The summed E-state index contributed by atoms with van der Waals surface area (Å²) >= 11 is 0. The van der Waals surface area contributed by atoms with Crippen LogP contribution in [0.2, 0.25) is 0 Å². The van der Waals surface area contributed by atoms with Crippen molar-refractivity contribution in [1.82, 2.24) is 5.32 Å². The van der Waals surface area contributed by atoms with Crippen molar-refractivity contribution in [3.05, 3.63) is 42.0 Å². The summed E-state index contributed by atoms with van der Waals surface area (Å²) in [5.74, 6) is 0.273. The van der Waals surface area contributed by atoms with Crippen molar-refractivity contribution in [2.75, 3.05) is 33.5 Å². The molecule has 1 fully saturated rings. The molecule has 3 N–H and O–H groups in total. The minimum absolute atomic E-state index is 0.143. The predicted octanol–water partition coefficient (Wildman–Crippen LogP) is 2.30. The van der Waals surface area contributed by atoms with Crippen molar-refractivity contribution in [3.8, 4) is 5.75 Å². The fourth-order valence-electron chi connectivity index (χ4n) is 3.30. The van der Waals surface area contributed by atoms with Crippen LogP contribution >= 0.6 is 0 Å². The molecule has 0 aliphatic carbocycles. The largest absolute Gasteiger partial charge is 0.497 e. The third-order valence-electron chi connectivity index (χ3n) is 4.76. The zero-order valence-corrected chi connectivity index (χ0v) is 16.4. The lowest BCUT2D eigenvalue weighted by Crippen LogP contribution is -2.33. The molecule has 0 radical (unpaired) electrons. The lowest BCUT2D eigenvalue weighted by molar-refractivity contribution is -0.189. The molecule has 1 aliphatic heterocycles. The Morgan fingerprint density at radius 2 is 2.00 bits per heavy atom. The van der Waals surface area contributed by atoms with Gasteiger partial charge >= 0.3 is 6.09 Å². The molecule has 1 heterocycles. The number of carbonyl (C=O) groups excluding carboxylic acids is 2. The summed E-state index contributed by atoms with van der Waals surface area (Å²) in [5, 5.41) is 4.84. The van der Waals surface area contributed by atoms with Crippen molar-refractivity contribution in [2.45, 2.75) is 25.0 Å². The van der Waals surface area contributed by atoms with Gasteiger partial charge in [-0.05, 0) is 34.9 Å². The molecule has 0 aromatic heterocycles. The topological polar surface area (TPSA) is 109 Å². The Labute approximate surface area is 169 Å². The van der Waals surface area contributed by atoms with Gasteiger partial charge in [-0.1, -0.05) is 24.3 Å². The van der Waals surface area contributed by atoms with Gasteiger partial charge in [0, 0.05) is 18.9 Å². The molecule has 2 amide bonds. The smallest absolute Gasteiger partial charge is 0.407 e. The van der Waals surface area contributed by atoms with Crippen LogP contribution in [0.5, 0.6) is 5.75 Å². The summed E-state index contributed by atoms with van der Waals surface area (Å²) < 4.78 is 21.7. The minimum Gasteiger partial charge on any atom is -0.497 e. The van der Waals surface area contributed by atoms with Crippen LogP contribution in [0.4, 0.5) is 4.79 Å². The molecule has 156 valence electrons. The van der Waals surface area contributed by atoms with Gasteiger partial charge in [0.05, 0.1) is 20.3 Å². The summed E-state index contributed by atoms with van der Waals surface area (Å²) in [7, 11) is 1.66. The molecule has 1 saturated heterocycles. The fourth-order valence-corrected chi connectivity index (χ4v) is 3.30. The number of methoxy groups -OCH3 is 1. The van der Waals surface area contributed by atoms with Gasteiger partial charge < -0.3 is 30.0 Å².